The Morgan fingerprint density at radius 1 is 1.10 bits per heavy atom. The van der Waals surface area contributed by atoms with Gasteiger partial charge in [0.2, 0.25) is 5.79 Å². The second-order valence-electron chi connectivity index (χ2n) is 7.45. The lowest BCUT2D eigenvalue weighted by Gasteiger charge is -2.46. The standard InChI is InChI=1S/C21H20ClNO6/c22-16-6-5-15(8-14(16)7-12-1-3-13(9-23)4-2-12)21-19(27)17(25)18(26)20(10-24,29-21)11-28-21/h1-6,8,17-19,24-27H,7,10-11H2/t17-,18-,19+,20-,21-/m0/s1. The lowest BCUT2D eigenvalue weighted by atomic mass is 9.83. The Morgan fingerprint density at radius 3 is 2.48 bits per heavy atom. The van der Waals surface area contributed by atoms with Crippen molar-refractivity contribution < 1.29 is 29.9 Å². The van der Waals surface area contributed by atoms with Gasteiger partial charge in [0.15, 0.2) is 0 Å². The molecule has 8 heteroatoms. The number of aliphatic hydroxyl groups is 4. The van der Waals surface area contributed by atoms with Crippen LogP contribution in [0.5, 0.6) is 0 Å². The third-order valence-corrected chi connectivity index (χ3v) is 6.02. The molecule has 2 heterocycles. The summed E-state index contributed by atoms with van der Waals surface area (Å²) < 4.78 is 11.6. The van der Waals surface area contributed by atoms with E-state index in [1.165, 1.54) is 0 Å². The Labute approximate surface area is 172 Å². The van der Waals surface area contributed by atoms with Crippen molar-refractivity contribution in [3.8, 4) is 6.07 Å². The molecular weight excluding hydrogens is 398 g/mol. The van der Waals surface area contributed by atoms with Gasteiger partial charge in [-0.3, -0.25) is 0 Å². The van der Waals surface area contributed by atoms with Crippen LogP contribution in [0.2, 0.25) is 5.02 Å². The topological polar surface area (TPSA) is 123 Å². The average Bonchev–Trinajstić information content (AvgIpc) is 3.13. The van der Waals surface area contributed by atoms with Crippen molar-refractivity contribution in [3.63, 3.8) is 0 Å². The van der Waals surface area contributed by atoms with E-state index in [-0.39, 0.29) is 6.61 Å². The van der Waals surface area contributed by atoms with E-state index in [0.717, 1.165) is 11.1 Å². The largest absolute Gasteiger partial charge is 0.393 e. The predicted molar refractivity (Wildman–Crippen MR) is 102 cm³/mol. The number of hydrogen-bond donors (Lipinski definition) is 4. The highest BCUT2D eigenvalue weighted by molar-refractivity contribution is 6.31. The molecule has 0 unspecified atom stereocenters. The Morgan fingerprint density at radius 2 is 1.83 bits per heavy atom. The second-order valence-corrected chi connectivity index (χ2v) is 7.86. The maximum atomic E-state index is 10.7. The molecule has 0 aliphatic carbocycles. The van der Waals surface area contributed by atoms with Gasteiger partial charge >= 0.3 is 0 Å². The van der Waals surface area contributed by atoms with Crippen LogP contribution in [0.15, 0.2) is 42.5 Å². The van der Waals surface area contributed by atoms with E-state index in [1.54, 1.807) is 30.3 Å². The summed E-state index contributed by atoms with van der Waals surface area (Å²) in [4.78, 5) is 0. The summed E-state index contributed by atoms with van der Waals surface area (Å²) in [7, 11) is 0. The summed E-state index contributed by atoms with van der Waals surface area (Å²) >= 11 is 6.36. The zero-order valence-corrected chi connectivity index (χ0v) is 16.1. The van der Waals surface area contributed by atoms with Gasteiger partial charge in [0.25, 0.3) is 0 Å². The van der Waals surface area contributed by atoms with Crippen molar-refractivity contribution in [3.05, 3.63) is 69.7 Å². The zero-order chi connectivity index (χ0) is 20.8. The normalized spacial score (nSPS) is 33.4. The van der Waals surface area contributed by atoms with Crippen LogP contribution in [0.3, 0.4) is 0 Å². The number of aliphatic hydroxyl groups excluding tert-OH is 4. The first-order valence-corrected chi connectivity index (χ1v) is 9.50. The lowest BCUT2D eigenvalue weighted by molar-refractivity contribution is -0.329. The monoisotopic (exact) mass is 417 g/mol. The molecule has 2 fully saturated rings. The van der Waals surface area contributed by atoms with Gasteiger partial charge in [0.05, 0.1) is 24.8 Å². The van der Waals surface area contributed by atoms with E-state index in [1.807, 2.05) is 12.1 Å². The Kier molecular flexibility index (Phi) is 5.13. The molecule has 2 aromatic carbocycles. The molecule has 29 heavy (non-hydrogen) atoms. The molecule has 2 saturated heterocycles. The first-order chi connectivity index (χ1) is 13.8. The maximum Gasteiger partial charge on any atom is 0.225 e. The molecule has 2 aromatic rings. The van der Waals surface area contributed by atoms with Crippen LogP contribution in [0, 0.1) is 11.3 Å². The second kappa shape index (κ2) is 7.35. The molecule has 4 N–H and O–H groups in total. The van der Waals surface area contributed by atoms with E-state index >= 15 is 0 Å². The van der Waals surface area contributed by atoms with Gasteiger partial charge in [-0.25, -0.2) is 0 Å². The minimum Gasteiger partial charge on any atom is -0.393 e. The number of benzene rings is 2. The van der Waals surface area contributed by atoms with Gasteiger partial charge in [-0.1, -0.05) is 29.8 Å². The van der Waals surface area contributed by atoms with E-state index < -0.39 is 36.3 Å². The fourth-order valence-electron chi connectivity index (χ4n) is 3.92. The molecule has 2 bridgehead atoms. The molecule has 4 rings (SSSR count). The smallest absolute Gasteiger partial charge is 0.225 e. The van der Waals surface area contributed by atoms with Crippen molar-refractivity contribution in [2.45, 2.75) is 36.1 Å². The number of nitriles is 1. The van der Waals surface area contributed by atoms with Crippen LogP contribution < -0.4 is 0 Å². The van der Waals surface area contributed by atoms with Gasteiger partial charge in [-0.15, -0.1) is 0 Å². The summed E-state index contributed by atoms with van der Waals surface area (Å²) in [5, 5.41) is 50.4. The fraction of sp³-hybridized carbons (Fsp3) is 0.381. The predicted octanol–water partition coefficient (Wildman–Crippen LogP) is 0.829. The number of halogens is 1. The van der Waals surface area contributed by atoms with Crippen LogP contribution in [-0.2, 0) is 21.7 Å². The molecule has 0 aromatic heterocycles. The summed E-state index contributed by atoms with van der Waals surface area (Å²) in [5.74, 6) is -1.73. The quantitative estimate of drug-likeness (QED) is 0.581. The minimum atomic E-state index is -1.73. The molecule has 2 aliphatic heterocycles. The van der Waals surface area contributed by atoms with Crippen molar-refractivity contribution in [1.29, 1.82) is 5.26 Å². The molecule has 152 valence electrons. The number of ether oxygens (including phenoxy) is 2. The molecule has 0 radical (unpaired) electrons. The molecule has 2 aliphatic rings. The number of rotatable bonds is 4. The molecular formula is C21H20ClNO6. The first-order valence-electron chi connectivity index (χ1n) is 9.12. The fourth-order valence-corrected chi connectivity index (χ4v) is 4.10. The average molecular weight is 418 g/mol. The van der Waals surface area contributed by atoms with Gasteiger partial charge < -0.3 is 29.9 Å². The Hall–Kier alpha value is -2.02. The lowest BCUT2D eigenvalue weighted by Crippen LogP contribution is -2.65. The van der Waals surface area contributed by atoms with Crippen molar-refractivity contribution in [2.24, 2.45) is 0 Å². The molecule has 5 atom stereocenters. The van der Waals surface area contributed by atoms with Crippen molar-refractivity contribution in [1.82, 2.24) is 0 Å². The number of fused-ring (bicyclic) bond motifs is 2. The van der Waals surface area contributed by atoms with Gasteiger partial charge in [-0.2, -0.15) is 5.26 Å². The minimum absolute atomic E-state index is 0.188. The number of nitrogens with zero attached hydrogens (tertiary/aromatic N) is 1. The van der Waals surface area contributed by atoms with E-state index in [4.69, 9.17) is 26.3 Å². The van der Waals surface area contributed by atoms with Crippen LogP contribution >= 0.6 is 11.6 Å². The van der Waals surface area contributed by atoms with Crippen LogP contribution in [0.4, 0.5) is 0 Å². The van der Waals surface area contributed by atoms with Crippen molar-refractivity contribution >= 4 is 11.6 Å². The summed E-state index contributed by atoms with van der Waals surface area (Å²) in [6.07, 6.45) is -4.16. The highest BCUT2D eigenvalue weighted by atomic mass is 35.5. The van der Waals surface area contributed by atoms with E-state index in [0.29, 0.717) is 22.6 Å². The summed E-state index contributed by atoms with van der Waals surface area (Å²) in [6, 6.07) is 14.1. The zero-order valence-electron chi connectivity index (χ0n) is 15.3. The highest BCUT2D eigenvalue weighted by Crippen LogP contribution is 2.49. The SMILES string of the molecule is N#Cc1ccc(Cc2cc([C@]34OC[C@](CO)(O3)[C@@H](O)[C@H](O)[C@H]4O)ccc2Cl)cc1. The Balaban J connectivity index is 1.70. The highest BCUT2D eigenvalue weighted by Gasteiger charge is 2.67. The van der Waals surface area contributed by atoms with Gasteiger partial charge in [0, 0.05) is 10.6 Å². The van der Waals surface area contributed by atoms with E-state index in [9.17, 15) is 20.4 Å². The van der Waals surface area contributed by atoms with Gasteiger partial charge in [0.1, 0.15) is 23.9 Å². The van der Waals surface area contributed by atoms with Gasteiger partial charge in [-0.05, 0) is 41.8 Å². The summed E-state index contributed by atoms with van der Waals surface area (Å²) in [5.41, 5.74) is 1.10. The molecule has 7 nitrogen and oxygen atoms in total. The van der Waals surface area contributed by atoms with E-state index in [2.05, 4.69) is 6.07 Å². The number of hydrogen-bond acceptors (Lipinski definition) is 7. The molecule has 0 spiro atoms. The van der Waals surface area contributed by atoms with Crippen LogP contribution in [0.25, 0.3) is 0 Å². The van der Waals surface area contributed by atoms with Crippen LogP contribution in [0.1, 0.15) is 22.3 Å². The van der Waals surface area contributed by atoms with Crippen molar-refractivity contribution in [2.75, 3.05) is 13.2 Å². The molecule has 0 amide bonds. The van der Waals surface area contributed by atoms with Crippen LogP contribution in [-0.4, -0.2) is 57.6 Å². The third-order valence-electron chi connectivity index (χ3n) is 5.65. The Bertz CT molecular complexity index is 961. The maximum absolute atomic E-state index is 10.7. The summed E-state index contributed by atoms with van der Waals surface area (Å²) in [6.45, 7) is -0.766. The molecule has 0 saturated carbocycles. The first kappa shape index (κ1) is 20.3. The third kappa shape index (κ3) is 3.14.